The molecule has 56 heavy (non-hydrogen) atoms. The van der Waals surface area contributed by atoms with Crippen molar-refractivity contribution in [1.82, 2.24) is 19.9 Å². The normalized spacial score (nSPS) is 12.9. The lowest BCUT2D eigenvalue weighted by atomic mass is 10.0. The molecule has 276 valence electrons. The zero-order valence-electron chi connectivity index (χ0n) is 28.6. The Labute approximate surface area is 388 Å². The van der Waals surface area contributed by atoms with Crippen LogP contribution < -0.4 is 21.4 Å². The van der Waals surface area contributed by atoms with Gasteiger partial charge in [-0.2, -0.15) is 0 Å². The molecular formula is C44H24Br8N4. The molecule has 0 saturated carbocycles. The van der Waals surface area contributed by atoms with Crippen LogP contribution in [-0.2, 0) is 0 Å². The van der Waals surface area contributed by atoms with Crippen molar-refractivity contribution in [3.63, 3.8) is 0 Å². The Hall–Kier alpha value is -2.68. The molecule has 0 fully saturated rings. The summed E-state index contributed by atoms with van der Waals surface area (Å²) < 4.78 is 7.69. The van der Waals surface area contributed by atoms with Gasteiger partial charge < -0.3 is 19.9 Å². The van der Waals surface area contributed by atoms with Gasteiger partial charge in [-0.3, -0.25) is 0 Å². The van der Waals surface area contributed by atoms with E-state index in [-0.39, 0.29) is 0 Å². The molecule has 8 bridgehead atoms. The molecule has 8 aromatic rings. The third-order valence-corrected chi connectivity index (χ3v) is 15.0. The average molecular weight is 1250 g/mol. The Kier molecular flexibility index (Phi) is 11.0. The molecule has 0 atom stereocenters. The quantitative estimate of drug-likeness (QED) is 0.136. The van der Waals surface area contributed by atoms with E-state index in [9.17, 15) is 0 Å². The second-order valence-electron chi connectivity index (χ2n) is 13.0. The number of hydrogen-bond donors (Lipinski definition) is 4. The second kappa shape index (κ2) is 15.8. The van der Waals surface area contributed by atoms with Crippen molar-refractivity contribution < 1.29 is 0 Å². The van der Waals surface area contributed by atoms with E-state index in [4.69, 9.17) is 0 Å². The first kappa shape index (κ1) is 38.8. The van der Waals surface area contributed by atoms with E-state index in [1.807, 2.05) is 24.3 Å². The summed E-state index contributed by atoms with van der Waals surface area (Å²) in [5.74, 6) is 0. The van der Waals surface area contributed by atoms with Crippen LogP contribution in [0.2, 0.25) is 0 Å². The average Bonchev–Trinajstić information content (AvgIpc) is 4.00. The molecule has 0 spiro atoms. The summed E-state index contributed by atoms with van der Waals surface area (Å²) in [5, 5.41) is 3.76. The molecule has 4 aromatic carbocycles. The highest BCUT2D eigenvalue weighted by atomic mass is 79.9. The number of benzene rings is 4. The van der Waals surface area contributed by atoms with Gasteiger partial charge in [0.05, 0.1) is 0 Å². The van der Waals surface area contributed by atoms with Gasteiger partial charge in [-0.1, -0.05) is 152 Å². The smallest absolute Gasteiger partial charge is 0.0486 e. The Bertz CT molecular complexity index is 2650. The van der Waals surface area contributed by atoms with E-state index >= 15 is 0 Å². The fraction of sp³-hybridized carbons (Fsp3) is 0. The predicted molar refractivity (Wildman–Crippen MR) is 255 cm³/mol. The van der Waals surface area contributed by atoms with Gasteiger partial charge in [0.15, 0.2) is 0 Å². The van der Waals surface area contributed by atoms with Crippen molar-refractivity contribution in [1.29, 1.82) is 0 Å². The SMILES string of the molecule is Brc1cccc(Br)c1C1=c2ccc([nH]2)=C(c2c(Br)cccc2Br)c2ccc([nH]2)C(c2c(Br)cccc2Br)=c2ccc([nH]2)=C(c2c(Br)cccc2Br)c2ccc1[nH]2. The van der Waals surface area contributed by atoms with Crippen LogP contribution in [0.4, 0.5) is 0 Å². The summed E-state index contributed by atoms with van der Waals surface area (Å²) in [6, 6.07) is 42.0. The lowest BCUT2D eigenvalue weighted by molar-refractivity contribution is 1.18. The molecule has 0 saturated heterocycles. The molecule has 4 N–H and O–H groups in total. The number of nitrogens with one attached hydrogen (secondary N) is 4. The van der Waals surface area contributed by atoms with Crippen molar-refractivity contribution in [2.75, 3.05) is 0 Å². The molecule has 4 aromatic heterocycles. The summed E-state index contributed by atoms with van der Waals surface area (Å²) in [4.78, 5) is 15.5. The van der Waals surface area contributed by atoms with Gasteiger partial charge in [-0.05, 0) is 97.1 Å². The number of fused-ring (bicyclic) bond motifs is 8. The Morgan fingerprint density at radius 3 is 0.625 bits per heavy atom. The second-order valence-corrected chi connectivity index (χ2v) is 19.9. The van der Waals surface area contributed by atoms with E-state index in [1.54, 1.807) is 0 Å². The lowest BCUT2D eigenvalue weighted by Crippen LogP contribution is -2.19. The maximum Gasteiger partial charge on any atom is 0.0486 e. The topological polar surface area (TPSA) is 63.2 Å². The highest BCUT2D eigenvalue weighted by molar-refractivity contribution is 9.12. The largest absolute Gasteiger partial charge is 0.354 e. The first-order chi connectivity index (χ1) is 27.1. The zero-order valence-corrected chi connectivity index (χ0v) is 41.3. The molecule has 12 heteroatoms. The zero-order chi connectivity index (χ0) is 38.8. The van der Waals surface area contributed by atoms with Gasteiger partial charge in [0.1, 0.15) is 0 Å². The fourth-order valence-corrected chi connectivity index (χ4v) is 12.9. The number of aromatic nitrogens is 4. The van der Waals surface area contributed by atoms with Gasteiger partial charge >= 0.3 is 0 Å². The van der Waals surface area contributed by atoms with Crippen molar-refractivity contribution in [3.8, 4) is 0 Å². The minimum Gasteiger partial charge on any atom is -0.354 e. The lowest BCUT2D eigenvalue weighted by Gasteiger charge is -2.14. The number of rotatable bonds is 4. The van der Waals surface area contributed by atoms with Gasteiger partial charge in [-0.15, -0.1) is 0 Å². The van der Waals surface area contributed by atoms with Crippen LogP contribution >= 0.6 is 127 Å². The van der Waals surface area contributed by atoms with Crippen molar-refractivity contribution >= 4 is 150 Å². The number of hydrogen-bond acceptors (Lipinski definition) is 0. The molecule has 4 nitrogen and oxygen atoms in total. The van der Waals surface area contributed by atoms with Crippen LogP contribution in [-0.4, -0.2) is 19.9 Å². The summed E-state index contributed by atoms with van der Waals surface area (Å²) in [7, 11) is 0. The molecule has 0 aliphatic carbocycles. The number of H-pyrrole nitrogens is 4. The Morgan fingerprint density at radius 2 is 0.429 bits per heavy atom. The van der Waals surface area contributed by atoms with E-state index < -0.39 is 0 Å². The third-order valence-electron chi connectivity index (χ3n) is 9.75. The molecular weight excluding hydrogens is 1220 g/mol. The van der Waals surface area contributed by atoms with Gasteiger partial charge in [0, 0.05) is 125 Å². The predicted octanol–water partition coefficient (Wildman–Crippen LogP) is 12.4. The van der Waals surface area contributed by atoms with Crippen LogP contribution in [0.3, 0.4) is 0 Å². The summed E-state index contributed by atoms with van der Waals surface area (Å²) in [5.41, 5.74) is 11.8. The highest BCUT2D eigenvalue weighted by Gasteiger charge is 2.23. The van der Waals surface area contributed by atoms with Gasteiger partial charge in [0.2, 0.25) is 0 Å². The van der Waals surface area contributed by atoms with E-state index in [1.165, 1.54) is 0 Å². The van der Waals surface area contributed by atoms with Crippen LogP contribution in [0.15, 0.2) is 157 Å². The maximum atomic E-state index is 3.90. The highest BCUT2D eigenvalue weighted by Crippen LogP contribution is 2.39. The van der Waals surface area contributed by atoms with Crippen molar-refractivity contribution in [2.24, 2.45) is 0 Å². The van der Waals surface area contributed by atoms with E-state index in [0.29, 0.717) is 0 Å². The first-order valence-electron chi connectivity index (χ1n) is 17.1. The summed E-state index contributed by atoms with van der Waals surface area (Å²) in [6.07, 6.45) is 0. The molecule has 0 amide bonds. The van der Waals surface area contributed by atoms with Crippen LogP contribution in [0.1, 0.15) is 45.0 Å². The van der Waals surface area contributed by atoms with Crippen LogP contribution in [0.25, 0.3) is 22.3 Å². The van der Waals surface area contributed by atoms with E-state index in [2.05, 4.69) is 244 Å². The molecule has 5 heterocycles. The Balaban J connectivity index is 1.50. The van der Waals surface area contributed by atoms with Crippen LogP contribution in [0.5, 0.6) is 0 Å². The third kappa shape index (κ3) is 6.89. The van der Waals surface area contributed by atoms with Gasteiger partial charge in [0.25, 0.3) is 0 Å². The molecule has 9 rings (SSSR count). The molecule has 1 aliphatic heterocycles. The van der Waals surface area contributed by atoms with Crippen molar-refractivity contribution in [2.45, 2.75) is 0 Å². The molecule has 0 unspecified atom stereocenters. The number of aromatic amines is 4. The van der Waals surface area contributed by atoms with Crippen LogP contribution in [0, 0.1) is 0 Å². The number of halogens is 8. The molecule has 0 radical (unpaired) electrons. The summed E-state index contributed by atoms with van der Waals surface area (Å²) >= 11 is 31.2. The van der Waals surface area contributed by atoms with E-state index in [0.717, 1.165) is 125 Å². The first-order valence-corrected chi connectivity index (χ1v) is 23.5. The maximum absolute atomic E-state index is 3.90. The van der Waals surface area contributed by atoms with Crippen molar-refractivity contribution in [3.05, 3.63) is 224 Å². The minimum atomic E-state index is 0.940. The summed E-state index contributed by atoms with van der Waals surface area (Å²) in [6.45, 7) is 0. The molecule has 1 aliphatic rings. The fourth-order valence-electron chi connectivity index (χ4n) is 7.35. The monoisotopic (exact) mass is 1240 g/mol. The van der Waals surface area contributed by atoms with Gasteiger partial charge in [-0.25, -0.2) is 0 Å². The Morgan fingerprint density at radius 1 is 0.232 bits per heavy atom. The standard InChI is InChI=1S/C44H24Br8N4/c45-21-5-1-6-22(46)37(21)41-29-13-15-31(53-29)42(38-23(47)7-2-8-24(38)48)33-17-19-35(55-33)44(40-27(51)11-4-12-28(40)52)36-20-18-34(56-36)43(32-16-14-30(41)54-32)39-25(49)9-3-10-26(39)50/h1-20,53-56H. The minimum absolute atomic E-state index is 0.940.